The van der Waals surface area contributed by atoms with Crippen molar-refractivity contribution in [3.63, 3.8) is 0 Å². The molecule has 2 fully saturated rings. The Morgan fingerprint density at radius 2 is 2.22 bits per heavy atom. The molecule has 3 N–H and O–H groups in total. The van der Waals surface area contributed by atoms with Gasteiger partial charge in [-0.1, -0.05) is 0 Å². The Morgan fingerprint density at radius 1 is 1.44 bits per heavy atom. The largest absolute Gasteiger partial charge is 0.479 e. The van der Waals surface area contributed by atoms with Gasteiger partial charge in [0, 0.05) is 19.1 Å². The summed E-state index contributed by atoms with van der Waals surface area (Å²) in [4.78, 5) is 13.0. The minimum atomic E-state index is -1.63. The van der Waals surface area contributed by atoms with Gasteiger partial charge in [0.2, 0.25) is 0 Å². The highest BCUT2D eigenvalue weighted by Gasteiger charge is 2.35. The third-order valence-corrected chi connectivity index (χ3v) is 4.20. The number of rotatable bonds is 4. The molecule has 18 heavy (non-hydrogen) atoms. The Bertz CT molecular complexity index is 301. The van der Waals surface area contributed by atoms with E-state index in [1.807, 2.05) is 0 Å². The summed E-state index contributed by atoms with van der Waals surface area (Å²) in [6, 6.07) is 0.586. The average Bonchev–Trinajstić information content (AvgIpc) is 2.82. The van der Waals surface area contributed by atoms with Gasteiger partial charge >= 0.3 is 5.97 Å². The number of likely N-dealkylation sites (tertiary alicyclic amines) is 1. The maximum atomic E-state index is 10.9. The third kappa shape index (κ3) is 3.22. The fraction of sp³-hybridized carbons (Fsp3) is 0.923. The summed E-state index contributed by atoms with van der Waals surface area (Å²) in [5, 5.41) is 22.3. The first kappa shape index (κ1) is 13.8. The van der Waals surface area contributed by atoms with Crippen molar-refractivity contribution in [2.75, 3.05) is 26.2 Å². The topological polar surface area (TPSA) is 72.8 Å². The maximum Gasteiger partial charge on any atom is 0.336 e. The highest BCUT2D eigenvalue weighted by molar-refractivity contribution is 5.76. The van der Waals surface area contributed by atoms with E-state index in [1.54, 1.807) is 0 Å². The van der Waals surface area contributed by atoms with Gasteiger partial charge in [-0.3, -0.25) is 4.90 Å². The van der Waals surface area contributed by atoms with Crippen LogP contribution in [0.25, 0.3) is 0 Å². The van der Waals surface area contributed by atoms with Crippen LogP contribution in [0.3, 0.4) is 0 Å². The lowest BCUT2D eigenvalue weighted by molar-refractivity contribution is -0.158. The number of nitrogens with zero attached hydrogens (tertiary/aromatic N) is 1. The zero-order chi connectivity index (χ0) is 13.2. The molecule has 2 saturated heterocycles. The maximum absolute atomic E-state index is 10.9. The van der Waals surface area contributed by atoms with E-state index in [2.05, 4.69) is 10.2 Å². The van der Waals surface area contributed by atoms with E-state index >= 15 is 0 Å². The molecule has 0 aromatic heterocycles. The smallest absolute Gasteiger partial charge is 0.336 e. The van der Waals surface area contributed by atoms with E-state index in [0.29, 0.717) is 12.0 Å². The molecule has 104 valence electrons. The first-order chi connectivity index (χ1) is 8.49. The van der Waals surface area contributed by atoms with Gasteiger partial charge in [-0.2, -0.15) is 0 Å². The Kier molecular flexibility index (Phi) is 4.25. The first-order valence-corrected chi connectivity index (χ1v) is 6.90. The molecule has 3 unspecified atom stereocenters. The molecule has 2 aliphatic heterocycles. The molecular formula is C13H24N2O3. The number of piperidine rings is 1. The highest BCUT2D eigenvalue weighted by Crippen LogP contribution is 2.25. The van der Waals surface area contributed by atoms with E-state index in [1.165, 1.54) is 26.2 Å². The number of carboxylic acid groups (broad SMARTS) is 1. The van der Waals surface area contributed by atoms with E-state index in [-0.39, 0.29) is 6.54 Å². The van der Waals surface area contributed by atoms with Crippen LogP contribution < -0.4 is 5.32 Å². The molecular weight excluding hydrogens is 232 g/mol. The summed E-state index contributed by atoms with van der Waals surface area (Å²) in [7, 11) is 0. The Hall–Kier alpha value is -0.650. The molecule has 2 heterocycles. The van der Waals surface area contributed by atoms with Crippen LogP contribution in [0.4, 0.5) is 0 Å². The second kappa shape index (κ2) is 5.55. The Morgan fingerprint density at radius 3 is 2.83 bits per heavy atom. The lowest BCUT2D eigenvalue weighted by atomic mass is 9.89. The predicted molar refractivity (Wildman–Crippen MR) is 68.4 cm³/mol. The van der Waals surface area contributed by atoms with Crippen molar-refractivity contribution in [2.24, 2.45) is 5.92 Å². The summed E-state index contributed by atoms with van der Waals surface area (Å²) >= 11 is 0. The molecule has 5 nitrogen and oxygen atoms in total. The van der Waals surface area contributed by atoms with Crippen molar-refractivity contribution in [1.29, 1.82) is 0 Å². The Labute approximate surface area is 108 Å². The molecule has 0 aromatic carbocycles. The van der Waals surface area contributed by atoms with Crippen LogP contribution in [0.2, 0.25) is 0 Å². The lowest BCUT2D eigenvalue weighted by Crippen LogP contribution is -2.51. The molecule has 0 spiro atoms. The zero-order valence-electron chi connectivity index (χ0n) is 11.1. The molecule has 0 saturated carbocycles. The summed E-state index contributed by atoms with van der Waals surface area (Å²) in [5.74, 6) is -0.533. The van der Waals surface area contributed by atoms with Gasteiger partial charge < -0.3 is 15.5 Å². The van der Waals surface area contributed by atoms with Crippen LogP contribution in [0.1, 0.15) is 32.6 Å². The van der Waals surface area contributed by atoms with Crippen LogP contribution >= 0.6 is 0 Å². The fourth-order valence-corrected chi connectivity index (χ4v) is 3.18. The number of hydrogen-bond donors (Lipinski definition) is 3. The van der Waals surface area contributed by atoms with Crippen LogP contribution in [-0.2, 0) is 4.79 Å². The van der Waals surface area contributed by atoms with E-state index in [4.69, 9.17) is 5.11 Å². The van der Waals surface area contributed by atoms with Crippen LogP contribution in [-0.4, -0.2) is 58.9 Å². The molecule has 2 aliphatic rings. The fourth-order valence-electron chi connectivity index (χ4n) is 3.18. The van der Waals surface area contributed by atoms with Crippen molar-refractivity contribution in [2.45, 2.75) is 44.2 Å². The van der Waals surface area contributed by atoms with E-state index < -0.39 is 11.6 Å². The van der Waals surface area contributed by atoms with Gasteiger partial charge in [-0.25, -0.2) is 4.79 Å². The van der Waals surface area contributed by atoms with Crippen molar-refractivity contribution < 1.29 is 15.0 Å². The second-order valence-electron chi connectivity index (χ2n) is 5.92. The molecule has 0 bridgehead atoms. The van der Waals surface area contributed by atoms with E-state index in [9.17, 15) is 9.90 Å². The minimum Gasteiger partial charge on any atom is -0.479 e. The quantitative estimate of drug-likeness (QED) is 0.674. The van der Waals surface area contributed by atoms with Crippen molar-refractivity contribution in [3.05, 3.63) is 0 Å². The summed E-state index contributed by atoms with van der Waals surface area (Å²) in [6.07, 6.45) is 4.78. The SMILES string of the molecule is CC(O)(CN1CCCC(C2CCCN2)C1)C(=O)O. The number of carbonyl (C=O) groups is 1. The third-order valence-electron chi connectivity index (χ3n) is 4.20. The van der Waals surface area contributed by atoms with Crippen molar-refractivity contribution in [3.8, 4) is 0 Å². The van der Waals surface area contributed by atoms with Gasteiger partial charge in [-0.05, 0) is 51.6 Å². The van der Waals surface area contributed by atoms with Crippen LogP contribution in [0.5, 0.6) is 0 Å². The second-order valence-corrected chi connectivity index (χ2v) is 5.92. The van der Waals surface area contributed by atoms with Gasteiger partial charge in [0.05, 0.1) is 0 Å². The van der Waals surface area contributed by atoms with Crippen LogP contribution in [0.15, 0.2) is 0 Å². The molecule has 0 radical (unpaired) electrons. The molecule has 0 aromatic rings. The number of nitrogens with one attached hydrogen (secondary N) is 1. The number of aliphatic hydroxyl groups is 1. The van der Waals surface area contributed by atoms with E-state index in [0.717, 1.165) is 26.1 Å². The first-order valence-electron chi connectivity index (χ1n) is 6.90. The molecule has 0 aliphatic carbocycles. The zero-order valence-corrected chi connectivity index (χ0v) is 11.1. The molecule has 2 rings (SSSR count). The number of β-amino-alcohol motifs (C(OH)–C–C–N with tert-alkyl or cyclic N) is 1. The van der Waals surface area contributed by atoms with Gasteiger partial charge in [0.1, 0.15) is 0 Å². The van der Waals surface area contributed by atoms with Gasteiger partial charge in [-0.15, -0.1) is 0 Å². The summed E-state index contributed by atoms with van der Waals surface area (Å²) in [6.45, 7) is 4.51. The number of aliphatic carboxylic acids is 1. The normalized spacial score (nSPS) is 33.2. The van der Waals surface area contributed by atoms with Crippen LogP contribution in [0, 0.1) is 5.92 Å². The minimum absolute atomic E-state index is 0.228. The highest BCUT2D eigenvalue weighted by atomic mass is 16.4. The van der Waals surface area contributed by atoms with Crippen molar-refractivity contribution in [1.82, 2.24) is 10.2 Å². The molecule has 5 heteroatoms. The number of carboxylic acids is 1. The predicted octanol–water partition coefficient (Wildman–Crippen LogP) is 0.286. The van der Waals surface area contributed by atoms with Gasteiger partial charge in [0.15, 0.2) is 5.60 Å². The number of hydrogen-bond acceptors (Lipinski definition) is 4. The standard InChI is InChI=1S/C13H24N2O3/c1-13(18,12(16)17)9-15-7-3-4-10(8-15)11-5-2-6-14-11/h10-11,14,18H,2-9H2,1H3,(H,16,17). The molecule has 0 amide bonds. The molecule has 3 atom stereocenters. The monoisotopic (exact) mass is 256 g/mol. The lowest BCUT2D eigenvalue weighted by Gasteiger charge is -2.38. The Balaban J connectivity index is 1.88. The summed E-state index contributed by atoms with van der Waals surface area (Å²) < 4.78 is 0. The van der Waals surface area contributed by atoms with Gasteiger partial charge in [0.25, 0.3) is 0 Å². The van der Waals surface area contributed by atoms with Crippen molar-refractivity contribution >= 4 is 5.97 Å². The summed E-state index contributed by atoms with van der Waals surface area (Å²) in [5.41, 5.74) is -1.63. The average molecular weight is 256 g/mol.